The summed E-state index contributed by atoms with van der Waals surface area (Å²) in [6.07, 6.45) is 3.80. The number of nitrogens with one attached hydrogen (secondary N) is 2. The predicted molar refractivity (Wildman–Crippen MR) is 133 cm³/mol. The van der Waals surface area contributed by atoms with Gasteiger partial charge >= 0.3 is 0 Å². The number of nitrogens with zero attached hydrogens (tertiary/aromatic N) is 1. The lowest BCUT2D eigenvalue weighted by atomic mass is 9.85. The molecule has 0 bridgehead atoms. The number of para-hydroxylation sites is 1. The Bertz CT molecular complexity index is 1160. The number of benzene rings is 2. The van der Waals surface area contributed by atoms with Gasteiger partial charge in [0.15, 0.2) is 4.77 Å². The lowest BCUT2D eigenvalue weighted by Gasteiger charge is -2.27. The molecular formula is C26H33N3O2S. The largest absolute Gasteiger partial charge is 0.349 e. The Balaban J connectivity index is 1.51. The Hall–Kier alpha value is -2.73. The molecule has 2 aromatic carbocycles. The van der Waals surface area contributed by atoms with Gasteiger partial charge in [-0.3, -0.25) is 14.2 Å². The number of rotatable bonds is 9. The highest BCUT2D eigenvalue weighted by Crippen LogP contribution is 2.29. The highest BCUT2D eigenvalue weighted by molar-refractivity contribution is 7.71. The molecule has 2 N–H and O–H groups in total. The SMILES string of the molecule is CC(C)(C)CC(NC(=O)CCCCCn1c(=S)[nH]c2ccccc2c1=O)c1ccccc1. The molecule has 1 heterocycles. The van der Waals surface area contributed by atoms with Crippen LogP contribution in [0.2, 0.25) is 0 Å². The van der Waals surface area contributed by atoms with Crippen LogP contribution in [0, 0.1) is 10.2 Å². The van der Waals surface area contributed by atoms with Gasteiger partial charge in [-0.05, 0) is 54.6 Å². The van der Waals surface area contributed by atoms with E-state index >= 15 is 0 Å². The Morgan fingerprint density at radius 1 is 1.03 bits per heavy atom. The van der Waals surface area contributed by atoms with Gasteiger partial charge in [-0.15, -0.1) is 0 Å². The Morgan fingerprint density at radius 2 is 1.72 bits per heavy atom. The van der Waals surface area contributed by atoms with Crippen molar-refractivity contribution in [3.05, 3.63) is 75.3 Å². The van der Waals surface area contributed by atoms with Crippen molar-refractivity contribution in [3.63, 3.8) is 0 Å². The van der Waals surface area contributed by atoms with E-state index < -0.39 is 0 Å². The number of carbonyl (C=O) groups is 1. The molecule has 0 aliphatic heterocycles. The molecule has 3 rings (SSSR count). The zero-order chi connectivity index (χ0) is 23.1. The maximum absolute atomic E-state index is 12.7. The van der Waals surface area contributed by atoms with Crippen LogP contribution in [-0.4, -0.2) is 15.5 Å². The molecule has 5 nitrogen and oxygen atoms in total. The molecule has 0 saturated heterocycles. The minimum absolute atomic E-state index is 0.0122. The molecule has 0 radical (unpaired) electrons. The summed E-state index contributed by atoms with van der Waals surface area (Å²) in [5.74, 6) is 0.0725. The number of hydrogen-bond acceptors (Lipinski definition) is 3. The van der Waals surface area contributed by atoms with Crippen LogP contribution >= 0.6 is 12.2 Å². The Morgan fingerprint density at radius 3 is 2.44 bits per heavy atom. The van der Waals surface area contributed by atoms with Gasteiger partial charge in [-0.25, -0.2) is 0 Å². The van der Waals surface area contributed by atoms with Crippen molar-refractivity contribution in [2.45, 2.75) is 65.5 Å². The number of fused-ring (bicyclic) bond motifs is 1. The third kappa shape index (κ3) is 6.63. The summed E-state index contributed by atoms with van der Waals surface area (Å²) in [6, 6.07) is 17.6. The highest BCUT2D eigenvalue weighted by atomic mass is 32.1. The molecular weight excluding hydrogens is 418 g/mol. The molecule has 0 fully saturated rings. The number of aromatic amines is 1. The van der Waals surface area contributed by atoms with Gasteiger partial charge in [0, 0.05) is 13.0 Å². The van der Waals surface area contributed by atoms with Crippen molar-refractivity contribution in [2.75, 3.05) is 0 Å². The number of aromatic nitrogens is 2. The third-order valence-electron chi connectivity index (χ3n) is 5.53. The summed E-state index contributed by atoms with van der Waals surface area (Å²) in [5.41, 5.74) is 1.95. The van der Waals surface area contributed by atoms with Crippen molar-refractivity contribution in [2.24, 2.45) is 5.41 Å². The fraction of sp³-hybridized carbons (Fsp3) is 0.423. The first-order chi connectivity index (χ1) is 15.2. The maximum Gasteiger partial charge on any atom is 0.262 e. The van der Waals surface area contributed by atoms with Crippen LogP contribution in [0.25, 0.3) is 10.9 Å². The zero-order valence-corrected chi connectivity index (χ0v) is 20.0. The van der Waals surface area contributed by atoms with Gasteiger partial charge in [0.2, 0.25) is 5.91 Å². The fourth-order valence-electron chi connectivity index (χ4n) is 3.95. The normalized spacial score (nSPS) is 12.6. The molecule has 32 heavy (non-hydrogen) atoms. The van der Waals surface area contributed by atoms with E-state index in [1.54, 1.807) is 4.57 Å². The van der Waals surface area contributed by atoms with Crippen LogP contribution in [-0.2, 0) is 11.3 Å². The molecule has 1 aromatic heterocycles. The molecule has 170 valence electrons. The van der Waals surface area contributed by atoms with Crippen molar-refractivity contribution in [3.8, 4) is 0 Å². The molecule has 0 aliphatic carbocycles. The number of carbonyl (C=O) groups excluding carboxylic acids is 1. The van der Waals surface area contributed by atoms with Gasteiger partial charge < -0.3 is 10.3 Å². The standard InChI is InChI=1S/C26H33N3O2S/c1-26(2,3)18-22(19-12-6-4-7-13-19)27-23(30)16-8-5-11-17-29-24(31)20-14-9-10-15-21(20)28-25(29)32/h4,6-7,9-10,12-15,22H,5,8,11,16-18H2,1-3H3,(H,27,30)(H,28,32). The first kappa shape index (κ1) is 23.9. The molecule has 6 heteroatoms. The van der Waals surface area contributed by atoms with E-state index in [9.17, 15) is 9.59 Å². The van der Waals surface area contributed by atoms with Gasteiger partial charge in [-0.2, -0.15) is 0 Å². The van der Waals surface area contributed by atoms with Gasteiger partial charge in [0.05, 0.1) is 16.9 Å². The maximum atomic E-state index is 12.7. The van der Waals surface area contributed by atoms with Crippen LogP contribution in [0.1, 0.15) is 64.5 Å². The molecule has 0 aliphatic rings. The number of amides is 1. The van der Waals surface area contributed by atoms with E-state index in [1.807, 2.05) is 42.5 Å². The molecule has 1 atom stereocenters. The fourth-order valence-corrected chi connectivity index (χ4v) is 4.23. The lowest BCUT2D eigenvalue weighted by molar-refractivity contribution is -0.122. The molecule has 3 aromatic rings. The van der Waals surface area contributed by atoms with Gasteiger partial charge in [-0.1, -0.05) is 69.7 Å². The van der Waals surface area contributed by atoms with Crippen molar-refractivity contribution < 1.29 is 4.79 Å². The van der Waals surface area contributed by atoms with E-state index in [2.05, 4.69) is 43.2 Å². The van der Waals surface area contributed by atoms with E-state index in [0.717, 1.165) is 36.8 Å². The van der Waals surface area contributed by atoms with Gasteiger partial charge in [0.25, 0.3) is 5.56 Å². The van der Waals surface area contributed by atoms with E-state index in [4.69, 9.17) is 12.2 Å². The molecule has 0 spiro atoms. The van der Waals surface area contributed by atoms with Gasteiger partial charge in [0.1, 0.15) is 0 Å². The summed E-state index contributed by atoms with van der Waals surface area (Å²) in [7, 11) is 0. The second-order valence-corrected chi connectivity index (χ2v) is 9.93. The quantitative estimate of drug-likeness (QED) is 0.314. The number of H-pyrrole nitrogens is 1. The molecule has 1 amide bonds. The van der Waals surface area contributed by atoms with Crippen LogP contribution in [0.15, 0.2) is 59.4 Å². The van der Waals surface area contributed by atoms with E-state index in [-0.39, 0.29) is 22.9 Å². The highest BCUT2D eigenvalue weighted by Gasteiger charge is 2.21. The van der Waals surface area contributed by atoms with E-state index in [0.29, 0.717) is 23.1 Å². The van der Waals surface area contributed by atoms with Crippen molar-refractivity contribution in [1.82, 2.24) is 14.9 Å². The molecule has 1 unspecified atom stereocenters. The predicted octanol–water partition coefficient (Wildman–Crippen LogP) is 5.91. The van der Waals surface area contributed by atoms with E-state index in [1.165, 1.54) is 0 Å². The van der Waals surface area contributed by atoms with Crippen LogP contribution in [0.4, 0.5) is 0 Å². The Kier molecular flexibility index (Phi) is 8.02. The average molecular weight is 452 g/mol. The van der Waals surface area contributed by atoms with Crippen molar-refractivity contribution in [1.29, 1.82) is 0 Å². The minimum Gasteiger partial charge on any atom is -0.349 e. The topological polar surface area (TPSA) is 66.9 Å². The van der Waals surface area contributed by atoms with Crippen LogP contribution in [0.5, 0.6) is 0 Å². The van der Waals surface area contributed by atoms with Crippen LogP contribution < -0.4 is 10.9 Å². The zero-order valence-electron chi connectivity index (χ0n) is 19.2. The average Bonchev–Trinajstić information content (AvgIpc) is 2.75. The molecule has 0 saturated carbocycles. The third-order valence-corrected chi connectivity index (χ3v) is 5.85. The number of hydrogen-bond donors (Lipinski definition) is 2. The second kappa shape index (κ2) is 10.7. The summed E-state index contributed by atoms with van der Waals surface area (Å²) in [5, 5.41) is 3.87. The number of unbranched alkanes of at least 4 members (excludes halogenated alkanes) is 2. The first-order valence-corrected chi connectivity index (χ1v) is 11.7. The van der Waals surface area contributed by atoms with Crippen LogP contribution in [0.3, 0.4) is 0 Å². The second-order valence-electron chi connectivity index (χ2n) is 9.54. The Labute approximate surface area is 194 Å². The van der Waals surface area contributed by atoms with Crippen molar-refractivity contribution >= 4 is 29.0 Å². The first-order valence-electron chi connectivity index (χ1n) is 11.3. The smallest absolute Gasteiger partial charge is 0.262 e. The summed E-state index contributed by atoms with van der Waals surface area (Å²) in [4.78, 5) is 28.4. The minimum atomic E-state index is -0.0602. The summed E-state index contributed by atoms with van der Waals surface area (Å²) in [6.45, 7) is 7.12. The lowest BCUT2D eigenvalue weighted by Crippen LogP contribution is -2.31. The summed E-state index contributed by atoms with van der Waals surface area (Å²) < 4.78 is 2.06. The summed E-state index contributed by atoms with van der Waals surface area (Å²) >= 11 is 5.37. The monoisotopic (exact) mass is 451 g/mol.